The van der Waals surface area contributed by atoms with Gasteiger partial charge in [-0.1, -0.05) is 26.0 Å². The molecule has 1 saturated carbocycles. The van der Waals surface area contributed by atoms with Crippen molar-refractivity contribution in [2.75, 3.05) is 14.2 Å². The van der Waals surface area contributed by atoms with Crippen LogP contribution in [0.15, 0.2) is 24.3 Å². The molecular weight excluding hydrogens is 254 g/mol. The molecule has 0 radical (unpaired) electrons. The SMILES string of the molecule is COC(=O)c1ccc(CNC2CC(OC)C2(C)C)cc1. The lowest BCUT2D eigenvalue weighted by Crippen LogP contribution is -2.60. The number of carbonyl (C=O) groups is 1. The summed E-state index contributed by atoms with van der Waals surface area (Å²) in [6.07, 6.45) is 1.38. The van der Waals surface area contributed by atoms with Crippen molar-refractivity contribution in [1.29, 1.82) is 0 Å². The highest BCUT2D eigenvalue weighted by Crippen LogP contribution is 2.42. The van der Waals surface area contributed by atoms with Gasteiger partial charge in [-0.2, -0.15) is 0 Å². The fourth-order valence-corrected chi connectivity index (χ4v) is 2.75. The predicted octanol–water partition coefficient (Wildman–Crippen LogP) is 2.38. The Morgan fingerprint density at radius 2 is 1.95 bits per heavy atom. The molecule has 0 spiro atoms. The molecule has 4 nitrogen and oxygen atoms in total. The van der Waals surface area contributed by atoms with Crippen molar-refractivity contribution in [1.82, 2.24) is 5.32 Å². The Morgan fingerprint density at radius 1 is 1.30 bits per heavy atom. The highest BCUT2D eigenvalue weighted by molar-refractivity contribution is 5.89. The van der Waals surface area contributed by atoms with Crippen LogP contribution in [0.5, 0.6) is 0 Å². The van der Waals surface area contributed by atoms with Gasteiger partial charge >= 0.3 is 5.97 Å². The standard InChI is InChI=1S/C16H23NO3/c1-16(2)13(9-14(16)19-3)17-10-11-5-7-12(8-6-11)15(18)20-4/h5-8,13-14,17H,9-10H2,1-4H3. The Bertz CT molecular complexity index is 467. The van der Waals surface area contributed by atoms with Gasteiger partial charge in [-0.25, -0.2) is 4.79 Å². The summed E-state index contributed by atoms with van der Waals surface area (Å²) < 4.78 is 10.1. The van der Waals surface area contributed by atoms with E-state index in [4.69, 9.17) is 4.74 Å². The molecule has 4 heteroatoms. The number of nitrogens with one attached hydrogen (secondary N) is 1. The first-order valence-electron chi connectivity index (χ1n) is 6.92. The molecule has 0 aromatic heterocycles. The molecule has 1 aliphatic carbocycles. The zero-order valence-electron chi connectivity index (χ0n) is 12.6. The lowest BCUT2D eigenvalue weighted by molar-refractivity contribution is -0.0979. The zero-order valence-corrected chi connectivity index (χ0v) is 12.6. The van der Waals surface area contributed by atoms with Crippen molar-refractivity contribution >= 4 is 5.97 Å². The van der Waals surface area contributed by atoms with E-state index in [1.807, 2.05) is 12.1 Å². The normalized spacial score (nSPS) is 24.0. The second kappa shape index (κ2) is 5.94. The van der Waals surface area contributed by atoms with Crippen LogP contribution in [0.3, 0.4) is 0 Å². The fraction of sp³-hybridized carbons (Fsp3) is 0.562. The summed E-state index contributed by atoms with van der Waals surface area (Å²) in [4.78, 5) is 11.3. The van der Waals surface area contributed by atoms with Gasteiger partial charge in [0.15, 0.2) is 0 Å². The number of methoxy groups -OCH3 is 2. The second-order valence-corrected chi connectivity index (χ2v) is 5.90. The van der Waals surface area contributed by atoms with E-state index in [0.717, 1.165) is 18.5 Å². The van der Waals surface area contributed by atoms with Crippen LogP contribution in [0.1, 0.15) is 36.2 Å². The van der Waals surface area contributed by atoms with Crippen molar-refractivity contribution in [2.45, 2.75) is 39.0 Å². The van der Waals surface area contributed by atoms with E-state index in [2.05, 4.69) is 23.9 Å². The van der Waals surface area contributed by atoms with E-state index in [9.17, 15) is 4.79 Å². The highest BCUT2D eigenvalue weighted by atomic mass is 16.5. The van der Waals surface area contributed by atoms with E-state index in [1.54, 1.807) is 19.2 Å². The molecular formula is C16H23NO3. The minimum absolute atomic E-state index is 0.167. The van der Waals surface area contributed by atoms with Crippen molar-refractivity contribution in [3.05, 3.63) is 35.4 Å². The Hall–Kier alpha value is -1.39. The molecule has 20 heavy (non-hydrogen) atoms. The summed E-state index contributed by atoms with van der Waals surface area (Å²) in [5.74, 6) is -0.299. The van der Waals surface area contributed by atoms with Crippen LogP contribution in [0.2, 0.25) is 0 Å². The number of ether oxygens (including phenoxy) is 2. The monoisotopic (exact) mass is 277 g/mol. The predicted molar refractivity (Wildman–Crippen MR) is 77.6 cm³/mol. The van der Waals surface area contributed by atoms with Crippen molar-refractivity contribution < 1.29 is 14.3 Å². The minimum Gasteiger partial charge on any atom is -0.465 e. The first-order valence-corrected chi connectivity index (χ1v) is 6.92. The number of hydrogen-bond acceptors (Lipinski definition) is 4. The Morgan fingerprint density at radius 3 is 2.45 bits per heavy atom. The smallest absolute Gasteiger partial charge is 0.337 e. The molecule has 2 atom stereocenters. The van der Waals surface area contributed by atoms with Gasteiger partial charge in [-0.3, -0.25) is 0 Å². The Balaban J connectivity index is 1.88. The van der Waals surface area contributed by atoms with Gasteiger partial charge in [0, 0.05) is 25.1 Å². The molecule has 0 saturated heterocycles. The fourth-order valence-electron chi connectivity index (χ4n) is 2.75. The van der Waals surface area contributed by atoms with Crippen LogP contribution in [0.25, 0.3) is 0 Å². The molecule has 2 unspecified atom stereocenters. The Labute approximate surface area is 120 Å². The molecule has 1 aliphatic rings. The van der Waals surface area contributed by atoms with E-state index < -0.39 is 0 Å². The van der Waals surface area contributed by atoms with Gasteiger partial charge in [0.1, 0.15) is 0 Å². The minimum atomic E-state index is -0.299. The maximum Gasteiger partial charge on any atom is 0.337 e. The van der Waals surface area contributed by atoms with E-state index in [-0.39, 0.29) is 11.4 Å². The number of rotatable bonds is 5. The molecule has 0 heterocycles. The third-order valence-electron chi connectivity index (χ3n) is 4.39. The summed E-state index contributed by atoms with van der Waals surface area (Å²) in [5, 5.41) is 3.56. The van der Waals surface area contributed by atoms with Gasteiger partial charge in [-0.05, 0) is 24.1 Å². The maximum atomic E-state index is 11.3. The third-order valence-corrected chi connectivity index (χ3v) is 4.39. The molecule has 0 bridgehead atoms. The lowest BCUT2D eigenvalue weighted by atomic mass is 9.64. The van der Waals surface area contributed by atoms with Crippen LogP contribution in [-0.4, -0.2) is 32.3 Å². The summed E-state index contributed by atoms with van der Waals surface area (Å²) in [5.41, 5.74) is 1.91. The van der Waals surface area contributed by atoms with E-state index in [1.165, 1.54) is 7.11 Å². The van der Waals surface area contributed by atoms with Crippen LogP contribution in [0.4, 0.5) is 0 Å². The van der Waals surface area contributed by atoms with Gasteiger partial charge < -0.3 is 14.8 Å². The van der Waals surface area contributed by atoms with Gasteiger partial charge in [0.05, 0.1) is 18.8 Å². The molecule has 110 valence electrons. The topological polar surface area (TPSA) is 47.6 Å². The van der Waals surface area contributed by atoms with E-state index >= 15 is 0 Å². The van der Waals surface area contributed by atoms with Gasteiger partial charge in [0.2, 0.25) is 0 Å². The second-order valence-electron chi connectivity index (χ2n) is 5.90. The van der Waals surface area contributed by atoms with Crippen LogP contribution in [-0.2, 0) is 16.0 Å². The quantitative estimate of drug-likeness (QED) is 0.839. The molecule has 1 aromatic rings. The summed E-state index contributed by atoms with van der Waals surface area (Å²) in [6.45, 7) is 5.25. The molecule has 1 fully saturated rings. The zero-order chi connectivity index (χ0) is 14.8. The third kappa shape index (κ3) is 2.86. The Kier molecular flexibility index (Phi) is 4.45. The van der Waals surface area contributed by atoms with E-state index in [0.29, 0.717) is 17.7 Å². The summed E-state index contributed by atoms with van der Waals surface area (Å²) in [6, 6.07) is 7.98. The van der Waals surface area contributed by atoms with Crippen LogP contribution < -0.4 is 5.32 Å². The number of carbonyl (C=O) groups excluding carboxylic acids is 1. The lowest BCUT2D eigenvalue weighted by Gasteiger charge is -2.51. The number of benzene rings is 1. The van der Waals surface area contributed by atoms with Crippen molar-refractivity contribution in [3.8, 4) is 0 Å². The molecule has 2 rings (SSSR count). The van der Waals surface area contributed by atoms with Crippen LogP contribution in [0, 0.1) is 5.41 Å². The summed E-state index contributed by atoms with van der Waals surface area (Å²) >= 11 is 0. The first-order chi connectivity index (χ1) is 9.48. The summed E-state index contributed by atoms with van der Waals surface area (Å²) in [7, 11) is 3.16. The average molecular weight is 277 g/mol. The largest absolute Gasteiger partial charge is 0.465 e. The molecule has 0 aliphatic heterocycles. The number of esters is 1. The number of hydrogen-bond donors (Lipinski definition) is 1. The average Bonchev–Trinajstić information content (AvgIpc) is 2.46. The van der Waals surface area contributed by atoms with Crippen molar-refractivity contribution in [3.63, 3.8) is 0 Å². The van der Waals surface area contributed by atoms with Gasteiger partial charge in [0.25, 0.3) is 0 Å². The first kappa shape index (κ1) is 15.0. The molecule has 0 amide bonds. The maximum absolute atomic E-state index is 11.3. The highest BCUT2D eigenvalue weighted by Gasteiger charge is 2.48. The molecule has 1 N–H and O–H groups in total. The van der Waals surface area contributed by atoms with Crippen molar-refractivity contribution in [2.24, 2.45) is 5.41 Å². The van der Waals surface area contributed by atoms with Gasteiger partial charge in [-0.15, -0.1) is 0 Å². The van der Waals surface area contributed by atoms with Crippen LogP contribution >= 0.6 is 0 Å². The molecule has 1 aromatic carbocycles.